The molecule has 0 bridgehead atoms. The molecular formula is C14H13F2N5O3S2. The van der Waals surface area contributed by atoms with Crippen LogP contribution in [0.25, 0.3) is 10.8 Å². The summed E-state index contributed by atoms with van der Waals surface area (Å²) in [5.74, 6) is -0.884. The molecule has 26 heavy (non-hydrogen) atoms. The fourth-order valence-corrected chi connectivity index (χ4v) is 3.16. The van der Waals surface area contributed by atoms with Gasteiger partial charge in [0, 0.05) is 12.4 Å². The minimum Gasteiger partial charge on any atom is -0.414 e. The molecule has 0 saturated heterocycles. The molecule has 2 aromatic heterocycles. The van der Waals surface area contributed by atoms with Crippen LogP contribution in [0.2, 0.25) is 0 Å². The van der Waals surface area contributed by atoms with Crippen LogP contribution in [0.4, 0.5) is 8.78 Å². The number of allylic oxidation sites excluding steroid dienone is 2. The van der Waals surface area contributed by atoms with Gasteiger partial charge in [-0.2, -0.15) is 8.78 Å². The third-order valence-electron chi connectivity index (χ3n) is 2.79. The first-order valence-electron chi connectivity index (χ1n) is 6.88. The zero-order chi connectivity index (χ0) is 19.1. The lowest BCUT2D eigenvalue weighted by Crippen LogP contribution is -2.23. The smallest absolute Gasteiger partial charge is 0.314 e. The Hall–Kier alpha value is -2.57. The molecule has 0 aliphatic carbocycles. The fourth-order valence-electron chi connectivity index (χ4n) is 1.70. The second-order valence-electron chi connectivity index (χ2n) is 4.41. The van der Waals surface area contributed by atoms with E-state index in [9.17, 15) is 17.5 Å². The van der Waals surface area contributed by atoms with E-state index in [0.29, 0.717) is 15.6 Å². The molecule has 0 amide bonds. The lowest BCUT2D eigenvalue weighted by Gasteiger charge is -2.19. The van der Waals surface area contributed by atoms with Crippen molar-refractivity contribution in [3.05, 3.63) is 54.3 Å². The maximum atomic E-state index is 12.5. The van der Waals surface area contributed by atoms with Crippen LogP contribution < -0.4 is 0 Å². The molecule has 2 aromatic rings. The third-order valence-corrected chi connectivity index (χ3v) is 4.48. The SMILES string of the molecule is C=CN=C/C=C(\C=C)N(Cc1ncc(-c2nnc(C(F)F)o2)s1)S(=O)O. The molecule has 0 aliphatic heterocycles. The van der Waals surface area contributed by atoms with Crippen molar-refractivity contribution < 1.29 is 22.0 Å². The number of aliphatic imine (C=N–C) groups is 1. The van der Waals surface area contributed by atoms with Gasteiger partial charge in [0.15, 0.2) is 0 Å². The van der Waals surface area contributed by atoms with Gasteiger partial charge in [-0.3, -0.25) is 13.9 Å². The molecule has 1 atom stereocenters. The number of nitrogens with zero attached hydrogens (tertiary/aromatic N) is 5. The molecule has 12 heteroatoms. The Kier molecular flexibility index (Phi) is 7.00. The van der Waals surface area contributed by atoms with Gasteiger partial charge in [-0.25, -0.2) is 9.19 Å². The van der Waals surface area contributed by atoms with Crippen molar-refractivity contribution in [2.75, 3.05) is 0 Å². The normalized spacial score (nSPS) is 13.3. The molecule has 0 aromatic carbocycles. The van der Waals surface area contributed by atoms with Crippen LogP contribution in [0.1, 0.15) is 17.3 Å². The average molecular weight is 401 g/mol. The molecule has 0 aliphatic rings. The van der Waals surface area contributed by atoms with E-state index in [1.807, 2.05) is 0 Å². The summed E-state index contributed by atoms with van der Waals surface area (Å²) in [7, 11) is 0. The minimum absolute atomic E-state index is 0.0383. The highest BCUT2D eigenvalue weighted by Gasteiger charge is 2.20. The van der Waals surface area contributed by atoms with E-state index in [1.165, 1.54) is 30.8 Å². The van der Waals surface area contributed by atoms with Crippen LogP contribution >= 0.6 is 11.3 Å². The summed E-state index contributed by atoms with van der Waals surface area (Å²) in [6.45, 7) is 6.98. The van der Waals surface area contributed by atoms with Gasteiger partial charge in [0.25, 0.3) is 23.0 Å². The maximum absolute atomic E-state index is 12.5. The van der Waals surface area contributed by atoms with Crippen LogP contribution in [0.5, 0.6) is 0 Å². The minimum atomic E-state index is -2.87. The van der Waals surface area contributed by atoms with Crippen molar-refractivity contribution >= 4 is 28.8 Å². The number of alkyl halides is 2. The number of thiazole rings is 1. The molecule has 8 nitrogen and oxygen atoms in total. The Bertz CT molecular complexity index is 862. The van der Waals surface area contributed by atoms with Gasteiger partial charge in [0.2, 0.25) is 0 Å². The van der Waals surface area contributed by atoms with Gasteiger partial charge in [-0.05, 0) is 12.2 Å². The van der Waals surface area contributed by atoms with Crippen LogP contribution in [-0.4, -0.2) is 34.5 Å². The fraction of sp³-hybridized carbons (Fsp3) is 0.143. The van der Waals surface area contributed by atoms with Crippen LogP contribution in [0.15, 0.2) is 52.8 Å². The number of halogens is 2. The Morgan fingerprint density at radius 2 is 2.27 bits per heavy atom. The summed E-state index contributed by atoms with van der Waals surface area (Å²) in [4.78, 5) is 8.22. The Morgan fingerprint density at radius 3 is 2.85 bits per heavy atom. The largest absolute Gasteiger partial charge is 0.414 e. The topological polar surface area (TPSA) is 105 Å². The van der Waals surface area contributed by atoms with Crippen molar-refractivity contribution in [1.82, 2.24) is 19.5 Å². The molecular weight excluding hydrogens is 388 g/mol. The number of hydrogen-bond acceptors (Lipinski definition) is 7. The Labute approximate surface area is 153 Å². The first-order chi connectivity index (χ1) is 12.5. The van der Waals surface area contributed by atoms with Crippen molar-refractivity contribution in [2.45, 2.75) is 13.0 Å². The van der Waals surface area contributed by atoms with Gasteiger partial charge in [-0.15, -0.1) is 21.5 Å². The molecule has 0 spiro atoms. The predicted molar refractivity (Wildman–Crippen MR) is 93.6 cm³/mol. The quantitative estimate of drug-likeness (QED) is 0.392. The van der Waals surface area contributed by atoms with Crippen molar-refractivity contribution in [3.63, 3.8) is 0 Å². The third kappa shape index (κ3) is 4.97. The highest BCUT2D eigenvalue weighted by molar-refractivity contribution is 7.76. The molecule has 1 N–H and O–H groups in total. The lowest BCUT2D eigenvalue weighted by molar-refractivity contribution is 0.116. The van der Waals surface area contributed by atoms with Gasteiger partial charge >= 0.3 is 6.43 Å². The molecule has 0 fully saturated rings. The maximum Gasteiger partial charge on any atom is 0.314 e. The molecule has 1 unspecified atom stereocenters. The molecule has 0 saturated carbocycles. The highest BCUT2D eigenvalue weighted by Crippen LogP contribution is 2.28. The van der Waals surface area contributed by atoms with E-state index in [4.69, 9.17) is 4.42 Å². The summed E-state index contributed by atoms with van der Waals surface area (Å²) in [6, 6.07) is 0. The van der Waals surface area contributed by atoms with Crippen LogP contribution in [-0.2, 0) is 17.8 Å². The molecule has 2 heterocycles. The number of hydrogen-bond donors (Lipinski definition) is 1. The van der Waals surface area contributed by atoms with E-state index >= 15 is 0 Å². The van der Waals surface area contributed by atoms with Crippen molar-refractivity contribution in [3.8, 4) is 10.8 Å². The van der Waals surface area contributed by atoms with E-state index in [-0.39, 0.29) is 12.4 Å². The van der Waals surface area contributed by atoms with E-state index in [0.717, 1.165) is 15.6 Å². The predicted octanol–water partition coefficient (Wildman–Crippen LogP) is 3.35. The van der Waals surface area contributed by atoms with Gasteiger partial charge < -0.3 is 4.42 Å². The van der Waals surface area contributed by atoms with Crippen molar-refractivity contribution in [1.29, 1.82) is 0 Å². The van der Waals surface area contributed by atoms with Crippen LogP contribution in [0, 0.1) is 0 Å². The summed E-state index contributed by atoms with van der Waals surface area (Å²) >= 11 is -1.29. The Morgan fingerprint density at radius 1 is 1.50 bits per heavy atom. The zero-order valence-corrected chi connectivity index (χ0v) is 14.8. The molecule has 0 radical (unpaired) electrons. The van der Waals surface area contributed by atoms with Crippen LogP contribution in [0.3, 0.4) is 0 Å². The standard InChI is InChI=1S/C14H13F2N5O3S2/c1-3-9(5-6-17-4-2)21(26(22)23)8-11-18-7-10(25-11)13-19-20-14(24-13)12(15)16/h3-7,12H,1-2,8H2,(H,22,23)/b9-5+,17-6?. The second-order valence-corrected chi connectivity index (χ2v) is 6.43. The first kappa shape index (κ1) is 19.8. The monoisotopic (exact) mass is 401 g/mol. The Balaban J connectivity index is 2.21. The number of aromatic nitrogens is 3. The van der Waals surface area contributed by atoms with Gasteiger partial charge in [0.1, 0.15) is 9.88 Å². The molecule has 2 rings (SSSR count). The first-order valence-corrected chi connectivity index (χ1v) is 8.76. The number of rotatable bonds is 9. The zero-order valence-electron chi connectivity index (χ0n) is 13.2. The van der Waals surface area contributed by atoms with E-state index in [2.05, 4.69) is 33.3 Å². The summed E-state index contributed by atoms with van der Waals surface area (Å²) in [5, 5.41) is 7.20. The highest BCUT2D eigenvalue weighted by atomic mass is 32.2. The van der Waals surface area contributed by atoms with E-state index in [1.54, 1.807) is 0 Å². The van der Waals surface area contributed by atoms with Crippen molar-refractivity contribution in [2.24, 2.45) is 4.99 Å². The van der Waals surface area contributed by atoms with E-state index < -0.39 is 23.6 Å². The molecule has 138 valence electrons. The summed E-state index contributed by atoms with van der Waals surface area (Å²) < 4.78 is 52.1. The summed E-state index contributed by atoms with van der Waals surface area (Å²) in [6.07, 6.45) is 4.05. The van der Waals surface area contributed by atoms with Gasteiger partial charge in [-0.1, -0.05) is 13.2 Å². The lowest BCUT2D eigenvalue weighted by atomic mass is 10.4. The average Bonchev–Trinajstić information content (AvgIpc) is 3.26. The second kappa shape index (κ2) is 9.22. The van der Waals surface area contributed by atoms with Gasteiger partial charge in [0.05, 0.1) is 18.4 Å². The summed E-state index contributed by atoms with van der Waals surface area (Å²) in [5.41, 5.74) is 0.325.